The van der Waals surface area contributed by atoms with Gasteiger partial charge < -0.3 is 40.1 Å². The van der Waals surface area contributed by atoms with Crippen molar-refractivity contribution in [2.45, 2.75) is 47.5 Å². The number of aliphatic hydroxyl groups is 6. The third-order valence-electron chi connectivity index (χ3n) is 3.56. The van der Waals surface area contributed by atoms with E-state index >= 15 is 0 Å². The molecule has 0 saturated carbocycles. The molecule has 0 bridgehead atoms. The van der Waals surface area contributed by atoms with E-state index in [1.807, 2.05) is 0 Å². The quantitative estimate of drug-likeness (QED) is 0.288. The zero-order valence-corrected chi connectivity index (χ0v) is 13.4. The Labute approximate surface area is 136 Å². The zero-order valence-electron chi connectivity index (χ0n) is 11.8. The number of hydrogen-bond acceptors (Lipinski definition) is 10. The summed E-state index contributed by atoms with van der Waals surface area (Å²) in [6, 6.07) is 0. The lowest BCUT2D eigenvalue weighted by atomic mass is 10.1. The molecule has 22 heavy (non-hydrogen) atoms. The molecule has 0 spiro atoms. The van der Waals surface area contributed by atoms with E-state index in [9.17, 15) is 30.6 Å². The molecule has 0 amide bonds. The van der Waals surface area contributed by atoms with Gasteiger partial charge in [-0.1, -0.05) is 0 Å². The van der Waals surface area contributed by atoms with Gasteiger partial charge >= 0.3 is 0 Å². The fourth-order valence-electron chi connectivity index (χ4n) is 2.18. The number of aliphatic hydroxyl groups excluding tert-OH is 6. The van der Waals surface area contributed by atoms with Crippen molar-refractivity contribution in [2.75, 3.05) is 24.7 Å². The van der Waals surface area contributed by atoms with Crippen molar-refractivity contribution in [2.24, 2.45) is 0 Å². The summed E-state index contributed by atoms with van der Waals surface area (Å²) in [6.07, 6.45) is -6.93. The Hall–Kier alpha value is 0.380. The molecule has 8 atom stereocenters. The Kier molecular flexibility index (Phi) is 7.20. The minimum absolute atomic E-state index is 0.0302. The number of ether oxygens (including phenoxy) is 2. The normalized spacial score (nSPS) is 46.6. The van der Waals surface area contributed by atoms with Crippen molar-refractivity contribution in [3.63, 3.8) is 0 Å². The van der Waals surface area contributed by atoms with Crippen LogP contribution >= 0.6 is 23.5 Å². The highest BCUT2D eigenvalue weighted by Crippen LogP contribution is 2.28. The van der Waals surface area contributed by atoms with Crippen molar-refractivity contribution in [3.8, 4) is 0 Å². The first kappa shape index (κ1) is 18.7. The fraction of sp³-hybridized carbons (Fsp3) is 1.00. The molecular weight excluding hydrogens is 336 g/mol. The van der Waals surface area contributed by atoms with E-state index < -0.39 is 47.5 Å². The summed E-state index contributed by atoms with van der Waals surface area (Å²) in [5.41, 5.74) is -1.24. The molecule has 0 unspecified atom stereocenters. The molecule has 2 saturated heterocycles. The van der Waals surface area contributed by atoms with Gasteiger partial charge in [0.2, 0.25) is 0 Å². The molecule has 2 heterocycles. The number of hydrogen-bond donors (Lipinski definition) is 6. The van der Waals surface area contributed by atoms with Crippen LogP contribution < -0.4 is 0 Å². The van der Waals surface area contributed by atoms with Crippen LogP contribution in [0.3, 0.4) is 0 Å². The monoisotopic (exact) mass is 358 g/mol. The minimum Gasteiger partial charge on any atom is -0.388 e. The van der Waals surface area contributed by atoms with Crippen molar-refractivity contribution in [3.05, 3.63) is 0 Å². The molecule has 0 aliphatic carbocycles. The summed E-state index contributed by atoms with van der Waals surface area (Å²) in [4.78, 5) is 0. The summed E-state index contributed by atoms with van der Waals surface area (Å²) in [7, 11) is 0. The van der Waals surface area contributed by atoms with Crippen molar-refractivity contribution in [1.29, 1.82) is 0 Å². The van der Waals surface area contributed by atoms with Gasteiger partial charge in [-0.05, 0) is 0 Å². The van der Waals surface area contributed by atoms with Crippen LogP contribution in [0.1, 0.15) is 0 Å². The molecular formula is C12H22O8S2. The van der Waals surface area contributed by atoms with Gasteiger partial charge in [0.15, 0.2) is 0 Å². The van der Waals surface area contributed by atoms with Gasteiger partial charge in [-0.25, -0.2) is 0 Å². The molecule has 0 aromatic carbocycles. The number of rotatable bonds is 5. The SMILES string of the molecule is O[C@H]1[C@H](O)[C@@H](SCCS[C@H]2OC[C@@H](O)[C@@H](O)[C@@H]2O)OC[C@H]1O. The maximum absolute atomic E-state index is 9.77. The molecule has 6 N–H and O–H groups in total. The van der Waals surface area contributed by atoms with Crippen molar-refractivity contribution < 1.29 is 40.1 Å². The Bertz CT molecular complexity index is 317. The van der Waals surface area contributed by atoms with E-state index in [0.29, 0.717) is 11.5 Å². The molecule has 0 aromatic heterocycles. The Morgan fingerprint density at radius 3 is 1.36 bits per heavy atom. The lowest BCUT2D eigenvalue weighted by Crippen LogP contribution is -2.52. The molecule has 2 fully saturated rings. The summed E-state index contributed by atoms with van der Waals surface area (Å²) < 4.78 is 10.5. The average Bonchev–Trinajstić information content (AvgIpc) is 2.50. The van der Waals surface area contributed by atoms with Gasteiger partial charge in [0.1, 0.15) is 47.5 Å². The molecule has 10 heteroatoms. The Morgan fingerprint density at radius 2 is 1.00 bits per heavy atom. The van der Waals surface area contributed by atoms with Gasteiger partial charge in [-0.3, -0.25) is 0 Å². The first-order chi connectivity index (χ1) is 10.4. The summed E-state index contributed by atoms with van der Waals surface area (Å²) in [5, 5.41) is 57.4. The van der Waals surface area contributed by atoms with Crippen molar-refractivity contribution >= 4 is 23.5 Å². The maximum Gasteiger partial charge on any atom is 0.131 e. The molecule has 130 valence electrons. The highest BCUT2D eigenvalue weighted by Gasteiger charge is 2.39. The van der Waals surface area contributed by atoms with Gasteiger partial charge in [-0.15, -0.1) is 23.5 Å². The third-order valence-corrected chi connectivity index (χ3v) is 6.18. The van der Waals surface area contributed by atoms with Crippen LogP contribution in [0.4, 0.5) is 0 Å². The summed E-state index contributed by atoms with van der Waals surface area (Å²) >= 11 is 2.58. The second-order valence-electron chi connectivity index (χ2n) is 5.24. The zero-order chi connectivity index (χ0) is 16.3. The molecule has 0 radical (unpaired) electrons. The highest BCUT2D eigenvalue weighted by molar-refractivity contribution is 8.03. The van der Waals surface area contributed by atoms with Gasteiger partial charge in [0, 0.05) is 11.5 Å². The van der Waals surface area contributed by atoms with Gasteiger partial charge in [0.05, 0.1) is 13.2 Å². The predicted octanol–water partition coefficient (Wildman–Crippen LogP) is -2.67. The Morgan fingerprint density at radius 1 is 0.636 bits per heavy atom. The van der Waals surface area contributed by atoms with Crippen LogP contribution in [0.5, 0.6) is 0 Å². The lowest BCUT2D eigenvalue weighted by molar-refractivity contribution is -0.161. The van der Waals surface area contributed by atoms with E-state index in [1.165, 1.54) is 23.5 Å². The van der Waals surface area contributed by atoms with Crippen LogP contribution in [0.25, 0.3) is 0 Å². The van der Waals surface area contributed by atoms with Crippen LogP contribution in [-0.4, -0.2) is 103 Å². The van der Waals surface area contributed by atoms with E-state index in [-0.39, 0.29) is 13.2 Å². The second-order valence-corrected chi connectivity index (χ2v) is 7.65. The van der Waals surface area contributed by atoms with E-state index in [4.69, 9.17) is 9.47 Å². The van der Waals surface area contributed by atoms with Crippen LogP contribution in [-0.2, 0) is 9.47 Å². The van der Waals surface area contributed by atoms with Crippen LogP contribution in [0.2, 0.25) is 0 Å². The predicted molar refractivity (Wildman–Crippen MR) is 80.4 cm³/mol. The number of thioether (sulfide) groups is 2. The Balaban J connectivity index is 1.67. The van der Waals surface area contributed by atoms with E-state index in [2.05, 4.69) is 0 Å². The first-order valence-corrected chi connectivity index (χ1v) is 9.06. The topological polar surface area (TPSA) is 140 Å². The highest BCUT2D eigenvalue weighted by atomic mass is 32.2. The van der Waals surface area contributed by atoms with Gasteiger partial charge in [-0.2, -0.15) is 0 Å². The van der Waals surface area contributed by atoms with Crippen LogP contribution in [0.15, 0.2) is 0 Å². The average molecular weight is 358 g/mol. The standard InChI is InChI=1S/C12H22O8S2/c13-5-3-19-11(9(17)7(5)15)21-1-2-22-12-10(18)8(16)6(14)4-20-12/h5-18H,1-4H2/t5-,6-,7-,8-,9+,10+,11-,12-/m1/s1. The lowest BCUT2D eigenvalue weighted by Gasteiger charge is -2.35. The largest absolute Gasteiger partial charge is 0.388 e. The first-order valence-electron chi connectivity index (χ1n) is 6.96. The summed E-state index contributed by atoms with van der Waals surface area (Å²) in [5.74, 6) is 1.11. The smallest absolute Gasteiger partial charge is 0.131 e. The fourth-order valence-corrected chi connectivity index (χ4v) is 4.48. The molecule has 0 aromatic rings. The third kappa shape index (κ3) is 4.47. The van der Waals surface area contributed by atoms with Gasteiger partial charge in [0.25, 0.3) is 0 Å². The maximum atomic E-state index is 9.77. The second kappa shape index (κ2) is 8.47. The van der Waals surface area contributed by atoms with Crippen molar-refractivity contribution in [1.82, 2.24) is 0 Å². The minimum atomic E-state index is -1.22. The van der Waals surface area contributed by atoms with E-state index in [1.54, 1.807) is 0 Å². The molecule has 2 rings (SSSR count). The molecule has 2 aliphatic rings. The molecule has 8 nitrogen and oxygen atoms in total. The molecule has 2 aliphatic heterocycles. The van der Waals surface area contributed by atoms with E-state index in [0.717, 1.165) is 0 Å². The summed E-state index contributed by atoms with van der Waals surface area (Å²) in [6.45, 7) is -0.0604. The van der Waals surface area contributed by atoms with Crippen LogP contribution in [0, 0.1) is 0 Å².